The number of aromatic nitrogens is 2. The number of imidazole rings is 1. The topological polar surface area (TPSA) is 102 Å². The summed E-state index contributed by atoms with van der Waals surface area (Å²) >= 11 is 1.31. The van der Waals surface area contributed by atoms with Crippen LogP contribution in [0.4, 0.5) is 4.79 Å². The summed E-state index contributed by atoms with van der Waals surface area (Å²) in [6.07, 6.45) is 7.55. The first-order valence-corrected chi connectivity index (χ1v) is 14.4. The molecule has 210 valence electrons. The molecular weight excluding hydrogens is 528 g/mol. The highest BCUT2D eigenvalue weighted by molar-refractivity contribution is 7.12. The maximum atomic E-state index is 13.5. The van der Waals surface area contributed by atoms with Gasteiger partial charge in [0.15, 0.2) is 5.78 Å². The first-order chi connectivity index (χ1) is 19.4. The Kier molecular flexibility index (Phi) is 9.65. The second-order valence-electron chi connectivity index (χ2n) is 9.59. The molecule has 1 aromatic carbocycles. The van der Waals surface area contributed by atoms with Crippen LogP contribution in [0.2, 0.25) is 0 Å². The number of ether oxygens (including phenoxy) is 1. The minimum absolute atomic E-state index is 0.162. The van der Waals surface area contributed by atoms with Crippen LogP contribution in [0.3, 0.4) is 0 Å². The number of esters is 1. The molecule has 9 nitrogen and oxygen atoms in total. The maximum Gasteiger partial charge on any atom is 0.337 e. The second-order valence-corrected chi connectivity index (χ2v) is 10.5. The van der Waals surface area contributed by atoms with Gasteiger partial charge >= 0.3 is 12.0 Å². The molecule has 0 saturated carbocycles. The number of carbonyl (C=O) groups is 4. The highest BCUT2D eigenvalue weighted by atomic mass is 32.1. The molecule has 3 aromatic rings. The van der Waals surface area contributed by atoms with Gasteiger partial charge in [-0.05, 0) is 48.1 Å². The van der Waals surface area contributed by atoms with E-state index in [1.165, 1.54) is 28.2 Å². The van der Waals surface area contributed by atoms with E-state index in [0.717, 1.165) is 37.1 Å². The van der Waals surface area contributed by atoms with Gasteiger partial charge in [-0.25, -0.2) is 14.6 Å². The van der Waals surface area contributed by atoms with Crippen molar-refractivity contribution in [2.75, 3.05) is 20.2 Å². The normalized spacial score (nSPS) is 14.4. The smallest absolute Gasteiger partial charge is 0.337 e. The van der Waals surface area contributed by atoms with Crippen molar-refractivity contribution in [1.82, 2.24) is 19.4 Å². The van der Waals surface area contributed by atoms with Gasteiger partial charge in [0.25, 0.3) is 5.91 Å². The molecule has 3 amide bonds. The zero-order valence-electron chi connectivity index (χ0n) is 23.1. The third kappa shape index (κ3) is 6.39. The van der Waals surface area contributed by atoms with Gasteiger partial charge in [-0.2, -0.15) is 0 Å². The highest BCUT2D eigenvalue weighted by Gasteiger charge is 2.41. The molecule has 0 atom stereocenters. The van der Waals surface area contributed by atoms with Crippen molar-refractivity contribution in [1.29, 1.82) is 0 Å². The Balaban J connectivity index is 1.70. The number of Topliss-reactive ketones (excluding diaryl/α,β-unsaturated/α-hetero) is 1. The average Bonchev–Trinajstić information content (AvgIpc) is 3.68. The van der Waals surface area contributed by atoms with Gasteiger partial charge < -0.3 is 9.30 Å². The largest absolute Gasteiger partial charge is 0.465 e. The van der Waals surface area contributed by atoms with Crippen LogP contribution in [0.15, 0.2) is 53.7 Å². The number of benzene rings is 1. The van der Waals surface area contributed by atoms with Crippen molar-refractivity contribution >= 4 is 41.1 Å². The van der Waals surface area contributed by atoms with Crippen molar-refractivity contribution in [2.45, 2.75) is 52.5 Å². The molecule has 1 aliphatic heterocycles. The first-order valence-electron chi connectivity index (χ1n) is 13.5. The summed E-state index contributed by atoms with van der Waals surface area (Å²) in [6, 6.07) is 10.2. The van der Waals surface area contributed by atoms with Crippen LogP contribution >= 0.6 is 11.3 Å². The monoisotopic (exact) mass is 562 g/mol. The van der Waals surface area contributed by atoms with E-state index in [1.807, 2.05) is 29.0 Å². The Morgan fingerprint density at radius 1 is 1.02 bits per heavy atom. The SMILES string of the molecule is CCCCc1ncc(/C=C2/C(=O)N(CCCC)C(=O)N2CC(=O)c2cccs2)n1Cc1ccc(C(=O)OC)cc1. The molecule has 4 rings (SSSR count). The van der Waals surface area contributed by atoms with Crippen LogP contribution in [0.25, 0.3) is 6.08 Å². The number of carbonyl (C=O) groups excluding carboxylic acids is 4. The molecule has 1 aliphatic rings. The Morgan fingerprint density at radius 2 is 1.77 bits per heavy atom. The number of imide groups is 1. The first kappa shape index (κ1) is 28.9. The standard InChI is InChI=1S/C30H34N4O5S/c1-4-6-10-27-31-18-23(33(27)19-21-11-13-22(14-12-21)29(37)39-3)17-24-28(36)32(15-7-5-2)30(38)34(24)20-25(35)26-9-8-16-40-26/h8-9,11-14,16-18H,4-7,10,15,19-20H2,1-3H3/b24-17-. The number of rotatable bonds is 13. The number of unbranched alkanes of at least 4 members (excludes halogenated alkanes) is 2. The van der Waals surface area contributed by atoms with Crippen LogP contribution in [-0.2, 0) is 22.5 Å². The van der Waals surface area contributed by atoms with Gasteiger partial charge in [0, 0.05) is 19.5 Å². The Hall–Kier alpha value is -4.05. The lowest BCUT2D eigenvalue weighted by molar-refractivity contribution is -0.123. The molecule has 3 heterocycles. The number of amides is 3. The number of hydrogen-bond donors (Lipinski definition) is 0. The highest BCUT2D eigenvalue weighted by Crippen LogP contribution is 2.26. The minimum Gasteiger partial charge on any atom is -0.465 e. The molecule has 40 heavy (non-hydrogen) atoms. The summed E-state index contributed by atoms with van der Waals surface area (Å²) in [4.78, 5) is 59.4. The Bertz CT molecular complexity index is 1390. The van der Waals surface area contributed by atoms with E-state index in [0.29, 0.717) is 35.6 Å². The van der Waals surface area contributed by atoms with Crippen molar-refractivity contribution < 1.29 is 23.9 Å². The van der Waals surface area contributed by atoms with Gasteiger partial charge in [0.1, 0.15) is 11.5 Å². The van der Waals surface area contributed by atoms with Gasteiger partial charge in [0.05, 0.1) is 36.0 Å². The fourth-order valence-electron chi connectivity index (χ4n) is 4.50. The predicted octanol–water partition coefficient (Wildman–Crippen LogP) is 5.41. The minimum atomic E-state index is -0.481. The van der Waals surface area contributed by atoms with E-state index in [-0.39, 0.29) is 18.0 Å². The Labute approximate surface area is 238 Å². The molecule has 1 saturated heterocycles. The lowest BCUT2D eigenvalue weighted by Crippen LogP contribution is -2.35. The quantitative estimate of drug-likeness (QED) is 0.119. The van der Waals surface area contributed by atoms with Crippen LogP contribution in [0.1, 0.15) is 76.6 Å². The van der Waals surface area contributed by atoms with Crippen LogP contribution in [-0.4, -0.2) is 63.2 Å². The van der Waals surface area contributed by atoms with E-state index in [9.17, 15) is 19.2 Å². The summed E-state index contributed by atoms with van der Waals surface area (Å²) in [5, 5.41) is 1.81. The number of thiophene rings is 1. The molecule has 0 aliphatic carbocycles. The predicted molar refractivity (Wildman–Crippen MR) is 153 cm³/mol. The average molecular weight is 563 g/mol. The van der Waals surface area contributed by atoms with Crippen molar-refractivity contribution in [2.24, 2.45) is 0 Å². The van der Waals surface area contributed by atoms with Crippen LogP contribution in [0.5, 0.6) is 0 Å². The van der Waals surface area contributed by atoms with Gasteiger partial charge in [-0.1, -0.05) is 44.9 Å². The fourth-order valence-corrected chi connectivity index (χ4v) is 5.16. The van der Waals surface area contributed by atoms with Gasteiger partial charge in [0.2, 0.25) is 0 Å². The summed E-state index contributed by atoms with van der Waals surface area (Å²) in [5.74, 6) is -0.186. The van der Waals surface area contributed by atoms with E-state index in [4.69, 9.17) is 4.74 Å². The number of nitrogens with zero attached hydrogens (tertiary/aromatic N) is 4. The van der Waals surface area contributed by atoms with E-state index in [1.54, 1.807) is 36.5 Å². The molecular formula is C30H34N4O5S. The zero-order chi connectivity index (χ0) is 28.6. The zero-order valence-corrected chi connectivity index (χ0v) is 23.9. The lowest BCUT2D eigenvalue weighted by atomic mass is 10.1. The molecule has 0 spiro atoms. The number of methoxy groups -OCH3 is 1. The van der Waals surface area contributed by atoms with Crippen LogP contribution in [0, 0.1) is 0 Å². The van der Waals surface area contributed by atoms with E-state index < -0.39 is 17.9 Å². The summed E-state index contributed by atoms with van der Waals surface area (Å²) in [7, 11) is 1.34. The summed E-state index contributed by atoms with van der Waals surface area (Å²) in [5.41, 5.74) is 2.21. The number of aryl methyl sites for hydroxylation is 1. The number of ketones is 1. The molecule has 0 N–H and O–H groups in total. The molecule has 0 bridgehead atoms. The molecule has 2 aromatic heterocycles. The molecule has 10 heteroatoms. The third-order valence-electron chi connectivity index (χ3n) is 6.77. The van der Waals surface area contributed by atoms with Crippen molar-refractivity contribution in [3.8, 4) is 0 Å². The van der Waals surface area contributed by atoms with E-state index >= 15 is 0 Å². The maximum absolute atomic E-state index is 13.5. The molecule has 0 unspecified atom stereocenters. The Morgan fingerprint density at radius 3 is 2.42 bits per heavy atom. The molecule has 1 fully saturated rings. The number of urea groups is 1. The summed E-state index contributed by atoms with van der Waals surface area (Å²) in [6.45, 7) is 4.63. The van der Waals surface area contributed by atoms with Crippen molar-refractivity contribution in [3.63, 3.8) is 0 Å². The summed E-state index contributed by atoms with van der Waals surface area (Å²) < 4.78 is 6.81. The fraction of sp³-hybridized carbons (Fsp3) is 0.367. The van der Waals surface area contributed by atoms with Gasteiger partial charge in [-0.15, -0.1) is 11.3 Å². The van der Waals surface area contributed by atoms with Crippen molar-refractivity contribution in [3.05, 3.63) is 81.2 Å². The lowest BCUT2D eigenvalue weighted by Gasteiger charge is -2.16. The second kappa shape index (κ2) is 13.3. The van der Waals surface area contributed by atoms with Crippen LogP contribution < -0.4 is 0 Å². The number of hydrogen-bond acceptors (Lipinski definition) is 7. The van der Waals surface area contributed by atoms with Gasteiger partial charge in [-0.3, -0.25) is 19.4 Å². The van der Waals surface area contributed by atoms with E-state index in [2.05, 4.69) is 11.9 Å². The third-order valence-corrected chi connectivity index (χ3v) is 7.68. The molecule has 0 radical (unpaired) electrons.